The Morgan fingerprint density at radius 1 is 0.950 bits per heavy atom. The van der Waals surface area contributed by atoms with Crippen LogP contribution < -0.4 is 16.0 Å². The van der Waals surface area contributed by atoms with E-state index in [9.17, 15) is 9.59 Å². The van der Waals surface area contributed by atoms with Gasteiger partial charge in [-0.3, -0.25) is 4.79 Å². The summed E-state index contributed by atoms with van der Waals surface area (Å²) in [7, 11) is 0. The number of hydrogen-bond donors (Lipinski definition) is 2. The van der Waals surface area contributed by atoms with Crippen molar-refractivity contribution in [3.63, 3.8) is 0 Å². The van der Waals surface area contributed by atoms with Crippen molar-refractivity contribution in [2.24, 2.45) is 11.1 Å². The molecule has 2 aromatic carbocycles. The maximum absolute atomic E-state index is 13.3. The number of carbonyl (C=O) groups is 2. The highest BCUT2D eigenvalue weighted by Crippen LogP contribution is 2.33. The predicted molar refractivity (Wildman–Crippen MR) is 159 cm³/mol. The molecule has 0 bridgehead atoms. The highest BCUT2D eigenvalue weighted by atomic mass is 16.5. The molecule has 2 aliphatic rings. The first-order valence-corrected chi connectivity index (χ1v) is 14.4. The number of anilines is 2. The minimum Gasteiger partial charge on any atom is -0.378 e. The summed E-state index contributed by atoms with van der Waals surface area (Å²) in [6.07, 6.45) is 1.18. The zero-order chi connectivity index (χ0) is 28.5. The van der Waals surface area contributed by atoms with Gasteiger partial charge in [-0.15, -0.1) is 0 Å². The van der Waals surface area contributed by atoms with E-state index < -0.39 is 0 Å². The number of nitrogens with two attached hydrogens (primary N) is 1. The lowest BCUT2D eigenvalue weighted by Crippen LogP contribution is -2.48. The fourth-order valence-corrected chi connectivity index (χ4v) is 5.12. The van der Waals surface area contributed by atoms with Crippen LogP contribution in [0.1, 0.15) is 39.2 Å². The summed E-state index contributed by atoms with van der Waals surface area (Å²) in [5.41, 5.74) is 10.6. The Labute approximate surface area is 238 Å². The van der Waals surface area contributed by atoms with E-state index in [1.54, 1.807) is 0 Å². The van der Waals surface area contributed by atoms with E-state index in [0.717, 1.165) is 47.6 Å². The molecule has 3 N–H and O–H groups in total. The van der Waals surface area contributed by atoms with Crippen LogP contribution in [0.2, 0.25) is 0 Å². The molecule has 2 aliphatic heterocycles. The largest absolute Gasteiger partial charge is 0.378 e. The lowest BCUT2D eigenvalue weighted by atomic mass is 9.92. The summed E-state index contributed by atoms with van der Waals surface area (Å²) in [5, 5.41) is 3.19. The van der Waals surface area contributed by atoms with Crippen LogP contribution in [-0.2, 0) is 20.8 Å². The zero-order valence-corrected chi connectivity index (χ0v) is 24.3. The molecule has 9 nitrogen and oxygen atoms in total. The molecule has 0 unspecified atom stereocenters. The molecule has 4 rings (SSSR count). The highest BCUT2D eigenvalue weighted by Gasteiger charge is 2.23. The molecular weight excluding hydrogens is 506 g/mol. The Hall–Kier alpha value is -3.14. The third-order valence-corrected chi connectivity index (χ3v) is 7.13. The molecule has 0 aliphatic carbocycles. The molecule has 0 saturated carbocycles. The molecule has 218 valence electrons. The summed E-state index contributed by atoms with van der Waals surface area (Å²) in [5.74, 6) is 0.00470. The molecule has 9 heteroatoms. The van der Waals surface area contributed by atoms with Crippen LogP contribution in [0.5, 0.6) is 0 Å². The number of amides is 3. The van der Waals surface area contributed by atoms with E-state index in [0.29, 0.717) is 65.6 Å². The number of nitrogens with zero attached hydrogens (tertiary/aromatic N) is 3. The van der Waals surface area contributed by atoms with Crippen LogP contribution in [0, 0.1) is 5.41 Å². The molecular formula is C31H45N5O4. The molecule has 2 fully saturated rings. The minimum absolute atomic E-state index is 0.00470. The molecule has 0 aromatic heterocycles. The maximum atomic E-state index is 13.3. The number of benzene rings is 2. The van der Waals surface area contributed by atoms with E-state index in [1.165, 1.54) is 0 Å². The maximum Gasteiger partial charge on any atom is 0.320 e. The average Bonchev–Trinajstić information content (AvgIpc) is 2.95. The molecule has 0 radical (unpaired) electrons. The number of morpholine rings is 2. The van der Waals surface area contributed by atoms with Gasteiger partial charge in [-0.1, -0.05) is 45.0 Å². The van der Waals surface area contributed by atoms with Crippen molar-refractivity contribution in [3.8, 4) is 11.1 Å². The topological polar surface area (TPSA) is 100 Å². The van der Waals surface area contributed by atoms with Gasteiger partial charge >= 0.3 is 6.03 Å². The molecule has 40 heavy (non-hydrogen) atoms. The summed E-state index contributed by atoms with van der Waals surface area (Å²) < 4.78 is 11.0. The quantitative estimate of drug-likeness (QED) is 0.485. The normalized spacial score (nSPS) is 16.1. The number of rotatable bonds is 9. The molecule has 0 atom stereocenters. The van der Waals surface area contributed by atoms with Gasteiger partial charge in [0.15, 0.2) is 0 Å². The van der Waals surface area contributed by atoms with Gasteiger partial charge in [-0.2, -0.15) is 0 Å². The number of nitrogens with one attached hydrogen (secondary N) is 1. The van der Waals surface area contributed by atoms with Gasteiger partial charge in [-0.25, -0.2) is 4.79 Å². The van der Waals surface area contributed by atoms with Crippen LogP contribution in [0.25, 0.3) is 11.1 Å². The molecule has 2 aromatic rings. The first-order valence-electron chi connectivity index (χ1n) is 14.4. The van der Waals surface area contributed by atoms with Crippen LogP contribution in [-0.4, -0.2) is 87.4 Å². The number of carbonyl (C=O) groups excluding carboxylic acids is 2. The van der Waals surface area contributed by atoms with Gasteiger partial charge in [-0.05, 0) is 53.3 Å². The smallest absolute Gasteiger partial charge is 0.320 e. The van der Waals surface area contributed by atoms with Gasteiger partial charge in [0.25, 0.3) is 0 Å². The monoisotopic (exact) mass is 551 g/mol. The standard InChI is InChI=1S/C31H45N5O4/c1-31(2,3)22-29(37)33-27-21-26(8-9-28(27)34-12-16-39-17-13-34)25-7-4-6-24(20-25)23-36(11-5-10-32)30(38)35-14-18-40-19-15-35/h4,6-9,20-21H,5,10-19,22-23,32H2,1-3H3,(H,33,37). The predicted octanol–water partition coefficient (Wildman–Crippen LogP) is 4.17. The van der Waals surface area contributed by atoms with Crippen LogP contribution >= 0.6 is 0 Å². The van der Waals surface area contributed by atoms with E-state index in [2.05, 4.69) is 67.4 Å². The first-order chi connectivity index (χ1) is 19.2. The lowest BCUT2D eigenvalue weighted by Gasteiger charge is -2.33. The van der Waals surface area contributed by atoms with Crippen LogP contribution in [0.3, 0.4) is 0 Å². The van der Waals surface area contributed by atoms with Gasteiger partial charge in [0, 0.05) is 45.7 Å². The summed E-state index contributed by atoms with van der Waals surface area (Å²) in [6.45, 7) is 13.1. The molecule has 2 heterocycles. The Morgan fingerprint density at radius 2 is 1.62 bits per heavy atom. The van der Waals surface area contributed by atoms with Gasteiger partial charge < -0.3 is 35.2 Å². The third kappa shape index (κ3) is 8.43. The Kier molecular flexibility index (Phi) is 10.4. The SMILES string of the molecule is CC(C)(C)CC(=O)Nc1cc(-c2cccc(CN(CCCN)C(=O)N3CCOCC3)c2)ccc1N1CCOCC1. The van der Waals surface area contributed by atoms with Gasteiger partial charge in [0.05, 0.1) is 37.8 Å². The summed E-state index contributed by atoms with van der Waals surface area (Å²) >= 11 is 0. The average molecular weight is 552 g/mol. The van der Waals surface area contributed by atoms with E-state index in [1.807, 2.05) is 15.9 Å². The second kappa shape index (κ2) is 14.0. The van der Waals surface area contributed by atoms with E-state index >= 15 is 0 Å². The van der Waals surface area contributed by atoms with Crippen molar-refractivity contribution < 1.29 is 19.1 Å². The third-order valence-electron chi connectivity index (χ3n) is 7.13. The Morgan fingerprint density at radius 3 is 2.30 bits per heavy atom. The Balaban J connectivity index is 1.58. The van der Waals surface area contributed by atoms with Gasteiger partial charge in [0.1, 0.15) is 0 Å². The second-order valence-electron chi connectivity index (χ2n) is 11.8. The molecule has 0 spiro atoms. The van der Waals surface area contributed by atoms with Crippen molar-refractivity contribution in [1.29, 1.82) is 0 Å². The fourth-order valence-electron chi connectivity index (χ4n) is 5.12. The second-order valence-corrected chi connectivity index (χ2v) is 11.8. The van der Waals surface area contributed by atoms with Crippen molar-refractivity contribution in [1.82, 2.24) is 9.80 Å². The lowest BCUT2D eigenvalue weighted by molar-refractivity contribution is -0.117. The number of urea groups is 1. The number of ether oxygens (including phenoxy) is 2. The summed E-state index contributed by atoms with van der Waals surface area (Å²) in [6, 6.07) is 14.6. The molecule has 2 saturated heterocycles. The minimum atomic E-state index is -0.108. The first kappa shape index (κ1) is 29.8. The van der Waals surface area contributed by atoms with Gasteiger partial charge in [0.2, 0.25) is 5.91 Å². The van der Waals surface area contributed by atoms with Crippen LogP contribution in [0.4, 0.5) is 16.2 Å². The number of hydrogen-bond acceptors (Lipinski definition) is 6. The summed E-state index contributed by atoms with van der Waals surface area (Å²) in [4.78, 5) is 32.3. The van der Waals surface area contributed by atoms with E-state index in [-0.39, 0.29) is 17.4 Å². The van der Waals surface area contributed by atoms with Crippen molar-refractivity contribution in [3.05, 3.63) is 48.0 Å². The van der Waals surface area contributed by atoms with Crippen molar-refractivity contribution in [2.75, 3.05) is 75.9 Å². The highest BCUT2D eigenvalue weighted by molar-refractivity contribution is 5.96. The van der Waals surface area contributed by atoms with Crippen molar-refractivity contribution >= 4 is 23.3 Å². The fraction of sp³-hybridized carbons (Fsp3) is 0.548. The van der Waals surface area contributed by atoms with E-state index in [4.69, 9.17) is 15.2 Å². The van der Waals surface area contributed by atoms with Crippen molar-refractivity contribution in [2.45, 2.75) is 40.2 Å². The zero-order valence-electron chi connectivity index (χ0n) is 24.3. The van der Waals surface area contributed by atoms with Crippen LogP contribution in [0.15, 0.2) is 42.5 Å². The Bertz CT molecular complexity index is 1140. The molecule has 3 amide bonds.